The molecule has 2 aromatic rings. The minimum atomic E-state index is -0.528. The van der Waals surface area contributed by atoms with Crippen LogP contribution in [-0.4, -0.2) is 5.91 Å². The molecule has 19 heavy (non-hydrogen) atoms. The average molecular weight is 279 g/mol. The maximum atomic E-state index is 13.0. The van der Waals surface area contributed by atoms with Crippen molar-refractivity contribution < 1.29 is 9.18 Å². The standard InChI is InChI=1S/C14H12ClFN2O/c1-8-2-3-9(17)6-11(8)14(19)18-10-4-5-13(16)12(15)7-10/h2-7H,17H2,1H3,(H,18,19). The molecule has 5 heteroatoms. The quantitative estimate of drug-likeness (QED) is 0.824. The van der Waals surface area contributed by atoms with E-state index >= 15 is 0 Å². The SMILES string of the molecule is Cc1ccc(N)cc1C(=O)Nc1ccc(F)c(Cl)c1. The minimum Gasteiger partial charge on any atom is -0.399 e. The number of aryl methyl sites for hydroxylation is 1. The van der Waals surface area contributed by atoms with Gasteiger partial charge in [-0.15, -0.1) is 0 Å². The van der Waals surface area contributed by atoms with Crippen LogP contribution in [0, 0.1) is 12.7 Å². The zero-order valence-corrected chi connectivity index (χ0v) is 11.0. The molecule has 0 unspecified atom stereocenters. The molecule has 0 aliphatic rings. The predicted octanol–water partition coefficient (Wildman–Crippen LogP) is 3.62. The first-order valence-corrected chi connectivity index (χ1v) is 5.97. The Morgan fingerprint density at radius 3 is 2.68 bits per heavy atom. The Bertz CT molecular complexity index is 643. The van der Waals surface area contributed by atoms with Crippen LogP contribution in [0.3, 0.4) is 0 Å². The Balaban J connectivity index is 2.25. The van der Waals surface area contributed by atoms with E-state index in [4.69, 9.17) is 17.3 Å². The summed E-state index contributed by atoms with van der Waals surface area (Å²) >= 11 is 5.65. The van der Waals surface area contributed by atoms with Gasteiger partial charge >= 0.3 is 0 Å². The van der Waals surface area contributed by atoms with Crippen molar-refractivity contribution in [2.24, 2.45) is 0 Å². The van der Waals surface area contributed by atoms with Crippen LogP contribution in [0.5, 0.6) is 0 Å². The van der Waals surface area contributed by atoms with E-state index in [1.807, 2.05) is 6.92 Å². The van der Waals surface area contributed by atoms with E-state index < -0.39 is 5.82 Å². The van der Waals surface area contributed by atoms with Gasteiger partial charge in [0.05, 0.1) is 5.02 Å². The normalized spacial score (nSPS) is 10.3. The Morgan fingerprint density at radius 2 is 2.00 bits per heavy atom. The molecule has 0 saturated carbocycles. The van der Waals surface area contributed by atoms with Crippen LogP contribution in [0.15, 0.2) is 36.4 Å². The molecule has 0 heterocycles. The number of hydrogen-bond acceptors (Lipinski definition) is 2. The van der Waals surface area contributed by atoms with Crippen molar-refractivity contribution >= 4 is 28.9 Å². The summed E-state index contributed by atoms with van der Waals surface area (Å²) in [4.78, 5) is 12.1. The predicted molar refractivity (Wildman–Crippen MR) is 75.0 cm³/mol. The number of carbonyl (C=O) groups excluding carboxylic acids is 1. The third-order valence-corrected chi connectivity index (χ3v) is 2.97. The van der Waals surface area contributed by atoms with Gasteiger partial charge in [0.2, 0.25) is 0 Å². The second-order valence-corrected chi connectivity index (χ2v) is 4.56. The Labute approximate surface area is 115 Å². The maximum absolute atomic E-state index is 13.0. The van der Waals surface area contributed by atoms with Gasteiger partial charge in [0.1, 0.15) is 5.82 Å². The fourth-order valence-corrected chi connectivity index (χ4v) is 1.84. The number of nitrogen functional groups attached to an aromatic ring is 1. The molecule has 0 radical (unpaired) electrons. The van der Waals surface area contributed by atoms with Gasteiger partial charge < -0.3 is 11.1 Å². The summed E-state index contributed by atoms with van der Waals surface area (Å²) in [5.74, 6) is -0.840. The van der Waals surface area contributed by atoms with E-state index in [2.05, 4.69) is 5.32 Å². The third-order valence-electron chi connectivity index (χ3n) is 2.68. The van der Waals surface area contributed by atoms with Crippen molar-refractivity contribution in [2.45, 2.75) is 6.92 Å². The first-order valence-electron chi connectivity index (χ1n) is 5.60. The Morgan fingerprint density at radius 1 is 1.26 bits per heavy atom. The van der Waals surface area contributed by atoms with E-state index in [1.165, 1.54) is 18.2 Å². The van der Waals surface area contributed by atoms with Gasteiger partial charge in [-0.25, -0.2) is 4.39 Å². The zero-order chi connectivity index (χ0) is 14.0. The van der Waals surface area contributed by atoms with Gasteiger partial charge in [0.25, 0.3) is 5.91 Å². The van der Waals surface area contributed by atoms with Crippen molar-refractivity contribution in [3.05, 3.63) is 58.4 Å². The molecular weight excluding hydrogens is 267 g/mol. The van der Waals surface area contributed by atoms with Crippen molar-refractivity contribution in [3.8, 4) is 0 Å². The molecule has 2 rings (SSSR count). The minimum absolute atomic E-state index is 0.0397. The van der Waals surface area contributed by atoms with Crippen molar-refractivity contribution in [3.63, 3.8) is 0 Å². The Kier molecular flexibility index (Phi) is 3.71. The van der Waals surface area contributed by atoms with Crippen LogP contribution in [-0.2, 0) is 0 Å². The number of nitrogens with two attached hydrogens (primary N) is 1. The number of anilines is 2. The zero-order valence-electron chi connectivity index (χ0n) is 10.2. The molecular formula is C14H12ClFN2O. The fraction of sp³-hybridized carbons (Fsp3) is 0.0714. The molecule has 0 aliphatic heterocycles. The summed E-state index contributed by atoms with van der Waals surface area (Å²) < 4.78 is 13.0. The van der Waals surface area contributed by atoms with Crippen molar-refractivity contribution in [1.82, 2.24) is 0 Å². The van der Waals surface area contributed by atoms with E-state index in [0.717, 1.165) is 5.56 Å². The molecule has 0 bridgehead atoms. The van der Waals surface area contributed by atoms with Gasteiger partial charge in [0.15, 0.2) is 0 Å². The van der Waals surface area contributed by atoms with Crippen LogP contribution in [0.25, 0.3) is 0 Å². The van der Waals surface area contributed by atoms with E-state index in [0.29, 0.717) is 16.9 Å². The van der Waals surface area contributed by atoms with Crippen LogP contribution in [0.1, 0.15) is 15.9 Å². The number of benzene rings is 2. The van der Waals surface area contributed by atoms with E-state index in [-0.39, 0.29) is 10.9 Å². The highest BCUT2D eigenvalue weighted by atomic mass is 35.5. The highest BCUT2D eigenvalue weighted by molar-refractivity contribution is 6.31. The van der Waals surface area contributed by atoms with Crippen molar-refractivity contribution in [1.29, 1.82) is 0 Å². The number of carbonyl (C=O) groups is 1. The van der Waals surface area contributed by atoms with E-state index in [9.17, 15) is 9.18 Å². The van der Waals surface area contributed by atoms with E-state index in [1.54, 1.807) is 18.2 Å². The third kappa shape index (κ3) is 3.03. The Hall–Kier alpha value is -2.07. The first-order chi connectivity index (χ1) is 8.97. The summed E-state index contributed by atoms with van der Waals surface area (Å²) in [6.45, 7) is 1.81. The highest BCUT2D eigenvalue weighted by Gasteiger charge is 2.10. The topological polar surface area (TPSA) is 55.1 Å². The van der Waals surface area contributed by atoms with Crippen LogP contribution in [0.4, 0.5) is 15.8 Å². The lowest BCUT2D eigenvalue weighted by Crippen LogP contribution is -2.13. The summed E-state index contributed by atoms with van der Waals surface area (Å²) in [7, 11) is 0. The number of rotatable bonds is 2. The molecule has 98 valence electrons. The monoisotopic (exact) mass is 278 g/mol. The molecule has 0 spiro atoms. The summed E-state index contributed by atoms with van der Waals surface area (Å²) in [5, 5.41) is 2.61. The van der Waals surface area contributed by atoms with Crippen LogP contribution < -0.4 is 11.1 Å². The second-order valence-electron chi connectivity index (χ2n) is 4.16. The number of nitrogens with one attached hydrogen (secondary N) is 1. The summed E-state index contributed by atoms with van der Waals surface area (Å²) in [6, 6.07) is 9.08. The highest BCUT2D eigenvalue weighted by Crippen LogP contribution is 2.21. The number of hydrogen-bond donors (Lipinski definition) is 2. The molecule has 3 N–H and O–H groups in total. The molecule has 0 aromatic heterocycles. The number of halogens is 2. The van der Waals surface area contributed by atoms with Gasteiger partial charge in [-0.3, -0.25) is 4.79 Å². The molecule has 1 amide bonds. The van der Waals surface area contributed by atoms with Crippen LogP contribution >= 0.6 is 11.6 Å². The smallest absolute Gasteiger partial charge is 0.256 e. The molecule has 0 atom stereocenters. The van der Waals surface area contributed by atoms with Gasteiger partial charge in [-0.2, -0.15) is 0 Å². The molecule has 2 aromatic carbocycles. The molecule has 0 aliphatic carbocycles. The lowest BCUT2D eigenvalue weighted by atomic mass is 10.1. The fourth-order valence-electron chi connectivity index (χ4n) is 1.66. The lowest BCUT2D eigenvalue weighted by molar-refractivity contribution is 0.102. The van der Waals surface area contributed by atoms with Gasteiger partial charge in [0, 0.05) is 16.9 Å². The van der Waals surface area contributed by atoms with Crippen molar-refractivity contribution in [2.75, 3.05) is 11.1 Å². The lowest BCUT2D eigenvalue weighted by Gasteiger charge is -2.09. The van der Waals surface area contributed by atoms with Gasteiger partial charge in [-0.05, 0) is 42.8 Å². The molecule has 0 fully saturated rings. The maximum Gasteiger partial charge on any atom is 0.256 e. The molecule has 3 nitrogen and oxygen atoms in total. The average Bonchev–Trinajstić information content (AvgIpc) is 2.36. The largest absolute Gasteiger partial charge is 0.399 e. The summed E-state index contributed by atoms with van der Waals surface area (Å²) in [6.07, 6.45) is 0. The number of amides is 1. The summed E-state index contributed by atoms with van der Waals surface area (Å²) in [5.41, 5.74) is 7.87. The first kappa shape index (κ1) is 13.4. The molecule has 0 saturated heterocycles. The van der Waals surface area contributed by atoms with Gasteiger partial charge in [-0.1, -0.05) is 17.7 Å². The van der Waals surface area contributed by atoms with Crippen LogP contribution in [0.2, 0.25) is 5.02 Å². The second kappa shape index (κ2) is 5.28.